The van der Waals surface area contributed by atoms with Crippen molar-refractivity contribution in [2.75, 3.05) is 51.0 Å². The minimum absolute atomic E-state index is 0.0183. The summed E-state index contributed by atoms with van der Waals surface area (Å²) in [7, 11) is 0. The number of hydrogen-bond donors (Lipinski definition) is 1. The van der Waals surface area contributed by atoms with E-state index in [0.29, 0.717) is 19.8 Å². The topological polar surface area (TPSA) is 122 Å². The number of anilines is 1. The third kappa shape index (κ3) is 6.37. The van der Waals surface area contributed by atoms with Gasteiger partial charge >= 0.3 is 17.8 Å². The third-order valence-corrected chi connectivity index (χ3v) is 5.76. The third-order valence-electron chi connectivity index (χ3n) is 5.76. The molecule has 0 aliphatic carbocycles. The van der Waals surface area contributed by atoms with E-state index in [1.165, 1.54) is 14.0 Å². The summed E-state index contributed by atoms with van der Waals surface area (Å²) in [6.45, 7) is 6.60. The summed E-state index contributed by atoms with van der Waals surface area (Å²) in [6, 6.07) is 0. The molecule has 0 saturated carbocycles. The van der Waals surface area contributed by atoms with Crippen LogP contribution in [0.1, 0.15) is 20.8 Å². The molecule has 1 unspecified atom stereocenters. The first kappa shape index (κ1) is 29.2. The number of nitrogens with one attached hydrogen (secondary N) is 1. The number of carbonyl (C=O) groups excluding carboxylic acids is 1. The van der Waals surface area contributed by atoms with Crippen LogP contribution in [0.15, 0.2) is 9.59 Å². The Morgan fingerprint density at radius 2 is 1.76 bits per heavy atom. The van der Waals surface area contributed by atoms with Crippen molar-refractivity contribution >= 4 is 23.1 Å². The van der Waals surface area contributed by atoms with E-state index in [2.05, 4.69) is 22.1 Å². The Hall–Kier alpha value is -3.35. The predicted octanol–water partition coefficient (Wildman–Crippen LogP) is 0.297. The number of carbonyl (C=O) groups is 1. The number of esters is 1. The molecule has 0 radical (unpaired) electrons. The Labute approximate surface area is 216 Å². The fourth-order valence-electron chi connectivity index (χ4n) is 4.01. The summed E-state index contributed by atoms with van der Waals surface area (Å²) in [5.41, 5.74) is -1.21. The van der Waals surface area contributed by atoms with Crippen molar-refractivity contribution in [2.24, 2.45) is 0 Å². The van der Waals surface area contributed by atoms with Crippen molar-refractivity contribution in [1.29, 1.82) is 0 Å². The number of ether oxygens (including phenoxy) is 3. The Bertz CT molecular complexity index is 1310. The molecule has 12 nitrogen and oxygen atoms in total. The van der Waals surface area contributed by atoms with Gasteiger partial charge in [-0.3, -0.25) is 18.5 Å². The second-order valence-corrected chi connectivity index (χ2v) is 8.14. The molecular formula is C23H31F3N6O6. The molecule has 1 atom stereocenters. The van der Waals surface area contributed by atoms with Gasteiger partial charge in [0.05, 0.1) is 39.4 Å². The fourth-order valence-corrected chi connectivity index (χ4v) is 4.01. The molecule has 210 valence electrons. The highest BCUT2D eigenvalue weighted by molar-refractivity contribution is 5.77. The van der Waals surface area contributed by atoms with Crippen LogP contribution in [0.25, 0.3) is 11.2 Å². The Morgan fingerprint density at radius 3 is 2.37 bits per heavy atom. The van der Waals surface area contributed by atoms with Crippen LogP contribution in [0.5, 0.6) is 0 Å². The van der Waals surface area contributed by atoms with E-state index in [1.54, 1.807) is 20.8 Å². The van der Waals surface area contributed by atoms with Crippen LogP contribution in [0, 0.1) is 11.8 Å². The quantitative estimate of drug-likeness (QED) is 0.242. The normalized spacial score (nSPS) is 15.9. The molecule has 38 heavy (non-hydrogen) atoms. The molecule has 2 aromatic heterocycles. The zero-order valence-electron chi connectivity index (χ0n) is 21.5. The minimum Gasteiger partial charge on any atom is -0.433 e. The molecule has 3 heterocycles. The van der Waals surface area contributed by atoms with Gasteiger partial charge in [-0.2, -0.15) is 18.2 Å². The predicted molar refractivity (Wildman–Crippen MR) is 131 cm³/mol. The van der Waals surface area contributed by atoms with Gasteiger partial charge in [0, 0.05) is 26.3 Å². The largest absolute Gasteiger partial charge is 0.491 e. The molecular weight excluding hydrogens is 513 g/mol. The van der Waals surface area contributed by atoms with Gasteiger partial charge in [0.1, 0.15) is 0 Å². The average molecular weight is 545 g/mol. The molecule has 1 saturated heterocycles. The van der Waals surface area contributed by atoms with E-state index in [-0.39, 0.29) is 63.0 Å². The first-order valence-corrected chi connectivity index (χ1v) is 12.2. The molecule has 0 spiro atoms. The number of imidazole rings is 1. The molecule has 1 fully saturated rings. The van der Waals surface area contributed by atoms with E-state index in [1.807, 2.05) is 0 Å². The lowest BCUT2D eigenvalue weighted by molar-refractivity contribution is -0.205. The SMILES string of the molecule is CC#CCn1c(N2CCNCC2OC(=O)C(F)(F)F)nc2c1c(=O)n(CCOCC)c(=O)n2CCOCC. The molecule has 15 heteroatoms. The number of alkyl halides is 3. The lowest BCUT2D eigenvalue weighted by atomic mass is 10.3. The van der Waals surface area contributed by atoms with E-state index in [4.69, 9.17) is 14.2 Å². The number of halogens is 3. The summed E-state index contributed by atoms with van der Waals surface area (Å²) in [5.74, 6) is 3.27. The van der Waals surface area contributed by atoms with Gasteiger partial charge in [0.2, 0.25) is 5.95 Å². The standard InChI is InChI=1S/C23H31F3N6O6/c1-4-7-9-30-17-18(28-21(30)29-10-8-27-15-16(29)38-20(34)23(24,25)26)31(11-13-36-5-2)22(35)32(19(17)33)12-14-37-6-3/h16,27H,5-6,8-15H2,1-3H3. The van der Waals surface area contributed by atoms with Crippen LogP contribution < -0.4 is 21.5 Å². The second-order valence-electron chi connectivity index (χ2n) is 8.14. The van der Waals surface area contributed by atoms with Gasteiger partial charge < -0.3 is 24.4 Å². The molecule has 1 aliphatic heterocycles. The first-order chi connectivity index (χ1) is 18.1. The molecule has 2 aromatic rings. The van der Waals surface area contributed by atoms with E-state index >= 15 is 0 Å². The first-order valence-electron chi connectivity index (χ1n) is 12.2. The molecule has 3 rings (SSSR count). The van der Waals surface area contributed by atoms with Gasteiger partial charge in [0.15, 0.2) is 17.4 Å². The van der Waals surface area contributed by atoms with Crippen molar-refractivity contribution in [3.8, 4) is 11.8 Å². The van der Waals surface area contributed by atoms with Crippen LogP contribution in [-0.4, -0.2) is 83.1 Å². The highest BCUT2D eigenvalue weighted by Crippen LogP contribution is 2.25. The smallest absolute Gasteiger partial charge is 0.433 e. The van der Waals surface area contributed by atoms with E-state index in [9.17, 15) is 27.6 Å². The lowest BCUT2D eigenvalue weighted by Gasteiger charge is -2.36. The fraction of sp³-hybridized carbons (Fsp3) is 0.652. The van der Waals surface area contributed by atoms with Crippen LogP contribution in [0.3, 0.4) is 0 Å². The van der Waals surface area contributed by atoms with Crippen molar-refractivity contribution in [1.82, 2.24) is 24.0 Å². The highest BCUT2D eigenvalue weighted by atomic mass is 19.4. The van der Waals surface area contributed by atoms with Gasteiger partial charge in [-0.1, -0.05) is 5.92 Å². The summed E-state index contributed by atoms with van der Waals surface area (Å²) >= 11 is 0. The van der Waals surface area contributed by atoms with Crippen molar-refractivity contribution in [3.05, 3.63) is 20.8 Å². The maximum atomic E-state index is 13.6. The Kier molecular flexibility index (Phi) is 9.95. The Balaban J connectivity index is 2.23. The van der Waals surface area contributed by atoms with Gasteiger partial charge in [-0.05, 0) is 20.8 Å². The van der Waals surface area contributed by atoms with Crippen molar-refractivity contribution < 1.29 is 32.2 Å². The molecule has 0 bridgehead atoms. The molecule has 0 aromatic carbocycles. The maximum Gasteiger partial charge on any atom is 0.491 e. The zero-order chi connectivity index (χ0) is 27.9. The van der Waals surface area contributed by atoms with Crippen LogP contribution >= 0.6 is 0 Å². The average Bonchev–Trinajstić information content (AvgIpc) is 3.25. The molecule has 1 aliphatic rings. The summed E-state index contributed by atoms with van der Waals surface area (Å²) in [6.07, 6.45) is -6.56. The number of rotatable bonds is 11. The number of fused-ring (bicyclic) bond motifs is 1. The Morgan fingerprint density at radius 1 is 1.11 bits per heavy atom. The number of hydrogen-bond acceptors (Lipinski definition) is 9. The van der Waals surface area contributed by atoms with Crippen LogP contribution in [0.4, 0.5) is 19.1 Å². The van der Waals surface area contributed by atoms with Crippen molar-refractivity contribution in [3.63, 3.8) is 0 Å². The van der Waals surface area contributed by atoms with E-state index in [0.717, 1.165) is 4.57 Å². The zero-order valence-corrected chi connectivity index (χ0v) is 21.5. The van der Waals surface area contributed by atoms with E-state index < -0.39 is 29.6 Å². The van der Waals surface area contributed by atoms with Crippen molar-refractivity contribution in [2.45, 2.75) is 52.8 Å². The number of aromatic nitrogens is 4. The second kappa shape index (κ2) is 12.9. The van der Waals surface area contributed by atoms with Crippen LogP contribution in [-0.2, 0) is 38.6 Å². The van der Waals surface area contributed by atoms with Crippen LogP contribution in [0.2, 0.25) is 0 Å². The maximum absolute atomic E-state index is 13.6. The van der Waals surface area contributed by atoms with Gasteiger partial charge in [-0.25, -0.2) is 9.59 Å². The van der Waals surface area contributed by atoms with Gasteiger partial charge in [0.25, 0.3) is 5.56 Å². The highest BCUT2D eigenvalue weighted by Gasteiger charge is 2.44. The monoisotopic (exact) mass is 544 g/mol. The lowest BCUT2D eigenvalue weighted by Crippen LogP contribution is -2.55. The number of nitrogens with zero attached hydrogens (tertiary/aromatic N) is 5. The summed E-state index contributed by atoms with van der Waals surface area (Å²) in [5, 5.41) is 2.89. The summed E-state index contributed by atoms with van der Waals surface area (Å²) < 4.78 is 58.1. The minimum atomic E-state index is -5.19. The molecule has 0 amide bonds. The number of piperazine rings is 1. The van der Waals surface area contributed by atoms with Gasteiger partial charge in [-0.15, -0.1) is 5.92 Å². The molecule has 1 N–H and O–H groups in total. The summed E-state index contributed by atoms with van der Waals surface area (Å²) in [4.78, 5) is 44.5.